The second-order valence-electron chi connectivity index (χ2n) is 6.10. The minimum absolute atomic E-state index is 0.0343. The largest absolute Gasteiger partial charge is 0.481 e. The molecule has 0 aliphatic carbocycles. The van der Waals surface area contributed by atoms with Gasteiger partial charge in [-0.2, -0.15) is 0 Å². The van der Waals surface area contributed by atoms with E-state index in [4.69, 9.17) is 14.4 Å². The molecule has 1 aromatic rings. The van der Waals surface area contributed by atoms with Crippen LogP contribution in [0.3, 0.4) is 0 Å². The number of carbonyl (C=O) groups is 1. The van der Waals surface area contributed by atoms with Crippen LogP contribution in [0.5, 0.6) is 0 Å². The SMILES string of the molecule is CC1(C)OB(C(CC(=O)O)c2cc(I)c[nH]2)OC1(C)C. The number of aromatic nitrogens is 1. The lowest BCUT2D eigenvalue weighted by atomic mass is 9.68. The van der Waals surface area contributed by atoms with E-state index in [0.29, 0.717) is 0 Å². The van der Waals surface area contributed by atoms with Crippen molar-refractivity contribution in [2.24, 2.45) is 0 Å². The molecule has 110 valence electrons. The van der Waals surface area contributed by atoms with E-state index in [1.165, 1.54) is 0 Å². The first-order valence-corrected chi connectivity index (χ1v) is 7.61. The van der Waals surface area contributed by atoms with Gasteiger partial charge in [-0.25, -0.2) is 0 Å². The van der Waals surface area contributed by atoms with Crippen LogP contribution in [0.4, 0.5) is 0 Å². The van der Waals surface area contributed by atoms with Crippen molar-refractivity contribution in [1.29, 1.82) is 0 Å². The molecule has 1 aliphatic rings. The first-order chi connectivity index (χ1) is 9.12. The summed E-state index contributed by atoms with van der Waals surface area (Å²) in [6, 6.07) is 1.93. The molecule has 7 heteroatoms. The van der Waals surface area contributed by atoms with Gasteiger partial charge in [0.1, 0.15) is 0 Å². The fraction of sp³-hybridized carbons (Fsp3) is 0.615. The zero-order valence-electron chi connectivity index (χ0n) is 12.1. The average molecular weight is 391 g/mol. The Hall–Kier alpha value is -0.535. The number of carboxylic acid groups (broad SMARTS) is 1. The molecular weight excluding hydrogens is 372 g/mol. The third kappa shape index (κ3) is 3.04. The van der Waals surface area contributed by atoms with Crippen molar-refractivity contribution in [2.75, 3.05) is 0 Å². The Morgan fingerprint density at radius 1 is 1.40 bits per heavy atom. The summed E-state index contributed by atoms with van der Waals surface area (Å²) in [6.45, 7) is 7.85. The van der Waals surface area contributed by atoms with Gasteiger partial charge in [0.25, 0.3) is 0 Å². The molecule has 2 N–H and O–H groups in total. The predicted octanol–water partition coefficient (Wildman–Crippen LogP) is 2.81. The van der Waals surface area contributed by atoms with E-state index >= 15 is 0 Å². The van der Waals surface area contributed by atoms with Crippen molar-refractivity contribution >= 4 is 35.7 Å². The molecule has 1 aliphatic heterocycles. The van der Waals surface area contributed by atoms with Crippen LogP contribution in [0.1, 0.15) is 45.6 Å². The van der Waals surface area contributed by atoms with Crippen LogP contribution in [-0.4, -0.2) is 34.4 Å². The van der Waals surface area contributed by atoms with Gasteiger partial charge in [-0.3, -0.25) is 4.79 Å². The predicted molar refractivity (Wildman–Crippen MR) is 84.6 cm³/mol. The van der Waals surface area contributed by atoms with Gasteiger partial charge in [-0.05, 0) is 56.4 Å². The van der Waals surface area contributed by atoms with E-state index in [2.05, 4.69) is 27.6 Å². The van der Waals surface area contributed by atoms with Gasteiger partial charge in [-0.1, -0.05) is 0 Å². The molecule has 0 bridgehead atoms. The maximum atomic E-state index is 11.1. The van der Waals surface area contributed by atoms with E-state index in [1.807, 2.05) is 40.0 Å². The third-order valence-electron chi connectivity index (χ3n) is 4.06. The van der Waals surface area contributed by atoms with E-state index in [0.717, 1.165) is 9.26 Å². The van der Waals surface area contributed by atoms with Gasteiger partial charge in [0, 0.05) is 21.3 Å². The van der Waals surface area contributed by atoms with Crippen LogP contribution in [0.15, 0.2) is 12.3 Å². The molecule has 1 saturated heterocycles. The van der Waals surface area contributed by atoms with Crippen LogP contribution >= 0.6 is 22.6 Å². The first-order valence-electron chi connectivity index (χ1n) is 6.53. The monoisotopic (exact) mass is 391 g/mol. The molecule has 0 spiro atoms. The van der Waals surface area contributed by atoms with Crippen LogP contribution in [0.25, 0.3) is 0 Å². The Bertz CT molecular complexity index is 498. The fourth-order valence-electron chi connectivity index (χ4n) is 2.19. The number of rotatable bonds is 4. The molecule has 1 fully saturated rings. The van der Waals surface area contributed by atoms with Gasteiger partial charge >= 0.3 is 13.1 Å². The van der Waals surface area contributed by atoms with Gasteiger partial charge in [0.15, 0.2) is 0 Å². The standard InChI is InChI=1S/C13H19BINO4/c1-12(2)13(3,4)20-14(19-12)9(6-11(17)18)10-5-8(15)7-16-10/h5,7,9,16H,6H2,1-4H3,(H,17,18). The molecule has 1 aromatic heterocycles. The van der Waals surface area contributed by atoms with Crippen molar-refractivity contribution < 1.29 is 19.2 Å². The minimum atomic E-state index is -0.866. The fourth-order valence-corrected chi connectivity index (χ4v) is 2.68. The number of halogens is 1. The lowest BCUT2D eigenvalue weighted by molar-refractivity contribution is -0.137. The number of hydrogen-bond acceptors (Lipinski definition) is 3. The van der Waals surface area contributed by atoms with E-state index in [9.17, 15) is 4.79 Å². The van der Waals surface area contributed by atoms with E-state index in [-0.39, 0.29) is 12.2 Å². The number of hydrogen-bond donors (Lipinski definition) is 2. The molecule has 20 heavy (non-hydrogen) atoms. The van der Waals surface area contributed by atoms with Crippen molar-refractivity contribution in [3.05, 3.63) is 21.5 Å². The van der Waals surface area contributed by atoms with Crippen molar-refractivity contribution in [1.82, 2.24) is 4.98 Å². The molecule has 0 amide bonds. The summed E-state index contributed by atoms with van der Waals surface area (Å²) in [6.07, 6.45) is 1.81. The van der Waals surface area contributed by atoms with Crippen molar-refractivity contribution in [3.8, 4) is 0 Å². The summed E-state index contributed by atoms with van der Waals surface area (Å²) in [5.41, 5.74) is -0.0993. The smallest absolute Gasteiger partial charge is 0.467 e. The Labute approximate surface area is 132 Å². The molecule has 1 atom stereocenters. The summed E-state index contributed by atoms with van der Waals surface area (Å²) in [5, 5.41) is 9.15. The summed E-state index contributed by atoms with van der Waals surface area (Å²) >= 11 is 2.18. The van der Waals surface area contributed by atoms with Gasteiger partial charge in [0.05, 0.1) is 17.6 Å². The Morgan fingerprint density at radius 3 is 2.35 bits per heavy atom. The zero-order chi connectivity index (χ0) is 15.1. The highest BCUT2D eigenvalue weighted by Crippen LogP contribution is 2.41. The number of nitrogens with one attached hydrogen (secondary N) is 1. The highest BCUT2D eigenvalue weighted by molar-refractivity contribution is 14.1. The lowest BCUT2D eigenvalue weighted by Crippen LogP contribution is -2.41. The summed E-state index contributed by atoms with van der Waals surface area (Å²) in [5.74, 6) is -1.22. The minimum Gasteiger partial charge on any atom is -0.481 e. The molecule has 0 saturated carbocycles. The molecule has 1 unspecified atom stereocenters. The Morgan fingerprint density at radius 2 is 1.95 bits per heavy atom. The van der Waals surface area contributed by atoms with Crippen molar-refractivity contribution in [3.63, 3.8) is 0 Å². The van der Waals surface area contributed by atoms with Gasteiger partial charge in [-0.15, -0.1) is 0 Å². The highest BCUT2D eigenvalue weighted by Gasteiger charge is 2.54. The molecule has 0 radical (unpaired) electrons. The molecule has 5 nitrogen and oxygen atoms in total. The highest BCUT2D eigenvalue weighted by atomic mass is 127. The maximum Gasteiger partial charge on any atom is 0.467 e. The zero-order valence-corrected chi connectivity index (χ0v) is 14.2. The molecule has 2 rings (SSSR count). The first kappa shape index (κ1) is 15.8. The molecule has 2 heterocycles. The number of aliphatic carboxylic acids is 1. The van der Waals surface area contributed by atoms with Gasteiger partial charge in [0.2, 0.25) is 0 Å². The topological polar surface area (TPSA) is 71.5 Å². The summed E-state index contributed by atoms with van der Waals surface area (Å²) < 4.78 is 13.0. The van der Waals surface area contributed by atoms with Crippen LogP contribution in [0.2, 0.25) is 0 Å². The number of carboxylic acids is 1. The normalized spacial score (nSPS) is 21.9. The van der Waals surface area contributed by atoms with Crippen LogP contribution in [-0.2, 0) is 14.1 Å². The quantitative estimate of drug-likeness (QED) is 0.612. The summed E-state index contributed by atoms with van der Waals surface area (Å²) in [7, 11) is -0.564. The number of aromatic amines is 1. The van der Waals surface area contributed by atoms with Crippen molar-refractivity contribution in [2.45, 2.75) is 51.1 Å². The van der Waals surface area contributed by atoms with E-state index < -0.39 is 24.3 Å². The van der Waals surface area contributed by atoms with Crippen LogP contribution in [0, 0.1) is 3.57 Å². The molecular formula is C13H19BINO4. The lowest BCUT2D eigenvalue weighted by Gasteiger charge is -2.32. The van der Waals surface area contributed by atoms with Gasteiger partial charge < -0.3 is 19.4 Å². The molecule has 0 aromatic carbocycles. The second kappa shape index (κ2) is 5.34. The second-order valence-corrected chi connectivity index (χ2v) is 7.35. The Kier molecular flexibility index (Phi) is 4.23. The Balaban J connectivity index is 2.27. The van der Waals surface area contributed by atoms with E-state index in [1.54, 1.807) is 0 Å². The third-order valence-corrected chi connectivity index (χ3v) is 4.69. The summed E-state index contributed by atoms with van der Waals surface area (Å²) in [4.78, 5) is 14.3. The van der Waals surface area contributed by atoms with Crippen LogP contribution < -0.4 is 0 Å². The number of H-pyrrole nitrogens is 1. The average Bonchev–Trinajstić information content (AvgIpc) is 2.78. The maximum absolute atomic E-state index is 11.1.